The Bertz CT molecular complexity index is 112. The standard InChI is InChI=1S/C6H9IO2/c1-3-5(2)9-6(8)4-7/h3,5H,1,4H2,2H3. The van der Waals surface area contributed by atoms with Gasteiger partial charge >= 0.3 is 5.97 Å². The van der Waals surface area contributed by atoms with Crippen LogP contribution in [0.2, 0.25) is 0 Å². The highest BCUT2D eigenvalue weighted by atomic mass is 127. The summed E-state index contributed by atoms with van der Waals surface area (Å²) in [6, 6.07) is 0. The first kappa shape index (κ1) is 8.94. The fraction of sp³-hybridized carbons (Fsp3) is 0.500. The van der Waals surface area contributed by atoms with E-state index in [0.717, 1.165) is 0 Å². The van der Waals surface area contributed by atoms with E-state index in [2.05, 4.69) is 6.58 Å². The number of rotatable bonds is 3. The molecule has 0 spiro atoms. The first-order chi connectivity index (χ1) is 4.20. The molecule has 1 atom stereocenters. The van der Waals surface area contributed by atoms with Crippen LogP contribution in [-0.4, -0.2) is 16.5 Å². The molecular formula is C6H9IO2. The minimum Gasteiger partial charge on any atom is -0.458 e. The van der Waals surface area contributed by atoms with Gasteiger partial charge in [0, 0.05) is 0 Å². The normalized spacial score (nSPS) is 12.2. The van der Waals surface area contributed by atoms with Crippen LogP contribution < -0.4 is 0 Å². The lowest BCUT2D eigenvalue weighted by molar-refractivity contribution is -0.142. The van der Waals surface area contributed by atoms with Gasteiger partial charge in [0.1, 0.15) is 6.10 Å². The van der Waals surface area contributed by atoms with Gasteiger partial charge in [-0.3, -0.25) is 4.79 Å². The van der Waals surface area contributed by atoms with E-state index in [9.17, 15) is 4.79 Å². The van der Waals surface area contributed by atoms with Crippen LogP contribution in [0.4, 0.5) is 0 Å². The van der Waals surface area contributed by atoms with Gasteiger partial charge in [-0.15, -0.1) is 0 Å². The third-order valence-corrected chi connectivity index (χ3v) is 1.38. The first-order valence-corrected chi connectivity index (χ1v) is 4.11. The van der Waals surface area contributed by atoms with Crippen LogP contribution in [-0.2, 0) is 9.53 Å². The second-order valence-electron chi connectivity index (χ2n) is 1.56. The Morgan fingerprint density at radius 1 is 2.00 bits per heavy atom. The van der Waals surface area contributed by atoms with Crippen molar-refractivity contribution in [3.8, 4) is 0 Å². The van der Waals surface area contributed by atoms with Crippen molar-refractivity contribution in [2.24, 2.45) is 0 Å². The van der Waals surface area contributed by atoms with Gasteiger partial charge in [0.05, 0.1) is 4.43 Å². The van der Waals surface area contributed by atoms with Gasteiger partial charge in [-0.1, -0.05) is 35.2 Å². The second-order valence-corrected chi connectivity index (χ2v) is 2.33. The lowest BCUT2D eigenvalue weighted by Crippen LogP contribution is -2.12. The summed E-state index contributed by atoms with van der Waals surface area (Å²) < 4.78 is 5.18. The minimum atomic E-state index is -0.192. The van der Waals surface area contributed by atoms with Crippen LogP contribution in [0.25, 0.3) is 0 Å². The van der Waals surface area contributed by atoms with Crippen molar-refractivity contribution in [1.29, 1.82) is 0 Å². The molecule has 3 heteroatoms. The van der Waals surface area contributed by atoms with Crippen molar-refractivity contribution in [3.63, 3.8) is 0 Å². The van der Waals surface area contributed by atoms with Crippen LogP contribution in [0.5, 0.6) is 0 Å². The van der Waals surface area contributed by atoms with E-state index in [-0.39, 0.29) is 12.1 Å². The fourth-order valence-electron chi connectivity index (χ4n) is 0.287. The second kappa shape index (κ2) is 4.78. The number of esters is 1. The van der Waals surface area contributed by atoms with E-state index in [1.165, 1.54) is 0 Å². The molecule has 0 saturated carbocycles. The third kappa shape index (κ3) is 4.44. The average molecular weight is 240 g/mol. The maximum atomic E-state index is 10.5. The Kier molecular flexibility index (Phi) is 4.75. The summed E-state index contributed by atoms with van der Waals surface area (Å²) in [4.78, 5) is 10.5. The van der Waals surface area contributed by atoms with Gasteiger partial charge in [0.15, 0.2) is 0 Å². The first-order valence-electron chi connectivity index (χ1n) is 2.58. The van der Waals surface area contributed by atoms with Crippen LogP contribution in [0.3, 0.4) is 0 Å². The van der Waals surface area contributed by atoms with Gasteiger partial charge in [-0.05, 0) is 6.92 Å². The molecule has 0 radical (unpaired) electrons. The Labute approximate surface area is 68.4 Å². The molecule has 1 unspecified atom stereocenters. The largest absolute Gasteiger partial charge is 0.458 e. The van der Waals surface area contributed by atoms with Crippen molar-refractivity contribution >= 4 is 28.6 Å². The third-order valence-electron chi connectivity index (χ3n) is 0.758. The summed E-state index contributed by atoms with van der Waals surface area (Å²) >= 11 is 1.95. The molecule has 0 rings (SSSR count). The summed E-state index contributed by atoms with van der Waals surface area (Å²) in [6.45, 7) is 5.24. The molecule has 0 fully saturated rings. The molecule has 0 amide bonds. The minimum absolute atomic E-state index is 0.160. The summed E-state index contributed by atoms with van der Waals surface area (Å²) in [5.74, 6) is -0.192. The molecule has 0 bridgehead atoms. The zero-order chi connectivity index (χ0) is 7.28. The topological polar surface area (TPSA) is 26.3 Å². The zero-order valence-corrected chi connectivity index (χ0v) is 7.42. The van der Waals surface area contributed by atoms with Crippen molar-refractivity contribution in [2.75, 3.05) is 4.43 Å². The lowest BCUT2D eigenvalue weighted by atomic mass is 10.4. The molecule has 0 aromatic carbocycles. The number of ether oxygens (including phenoxy) is 1. The Morgan fingerprint density at radius 2 is 2.56 bits per heavy atom. The summed E-state index contributed by atoms with van der Waals surface area (Å²) in [7, 11) is 0. The molecule has 0 aliphatic heterocycles. The van der Waals surface area contributed by atoms with Crippen LogP contribution in [0, 0.1) is 0 Å². The van der Waals surface area contributed by atoms with Crippen LogP contribution in [0.15, 0.2) is 12.7 Å². The molecule has 0 aromatic rings. The van der Waals surface area contributed by atoms with Gasteiger partial charge in [0.2, 0.25) is 0 Å². The number of hydrogen-bond donors (Lipinski definition) is 0. The van der Waals surface area contributed by atoms with E-state index in [0.29, 0.717) is 4.43 Å². The van der Waals surface area contributed by atoms with E-state index < -0.39 is 0 Å². The highest BCUT2D eigenvalue weighted by molar-refractivity contribution is 14.1. The number of carbonyl (C=O) groups is 1. The Balaban J connectivity index is 3.46. The highest BCUT2D eigenvalue weighted by Gasteiger charge is 2.01. The predicted octanol–water partition coefficient (Wildman–Crippen LogP) is 1.54. The molecule has 0 aliphatic carbocycles. The van der Waals surface area contributed by atoms with Gasteiger partial charge in [0.25, 0.3) is 0 Å². The maximum absolute atomic E-state index is 10.5. The van der Waals surface area contributed by atoms with Crippen LogP contribution in [0.1, 0.15) is 6.92 Å². The quantitative estimate of drug-likeness (QED) is 0.323. The number of alkyl halides is 1. The average Bonchev–Trinajstić information content (AvgIpc) is 1.87. The van der Waals surface area contributed by atoms with Gasteiger partial charge < -0.3 is 4.74 Å². The van der Waals surface area contributed by atoms with E-state index >= 15 is 0 Å². The molecule has 0 aliphatic rings. The monoisotopic (exact) mass is 240 g/mol. The SMILES string of the molecule is C=CC(C)OC(=O)CI. The highest BCUT2D eigenvalue weighted by Crippen LogP contribution is 1.94. The molecular weight excluding hydrogens is 231 g/mol. The maximum Gasteiger partial charge on any atom is 0.316 e. The smallest absolute Gasteiger partial charge is 0.316 e. The zero-order valence-electron chi connectivity index (χ0n) is 5.26. The molecule has 0 heterocycles. The number of carbonyl (C=O) groups excluding carboxylic acids is 1. The molecule has 0 aromatic heterocycles. The predicted molar refractivity (Wildman–Crippen MR) is 44.6 cm³/mol. The van der Waals surface area contributed by atoms with Crippen LogP contribution >= 0.6 is 22.6 Å². The summed E-state index contributed by atoms with van der Waals surface area (Å²) in [5.41, 5.74) is 0. The van der Waals surface area contributed by atoms with Crippen molar-refractivity contribution in [3.05, 3.63) is 12.7 Å². The molecule has 52 valence electrons. The summed E-state index contributed by atoms with van der Waals surface area (Å²) in [5, 5.41) is 0. The van der Waals surface area contributed by atoms with E-state index in [4.69, 9.17) is 4.74 Å². The molecule has 2 nitrogen and oxygen atoms in total. The Morgan fingerprint density at radius 3 is 2.89 bits per heavy atom. The fourth-order valence-corrected chi connectivity index (χ4v) is 0.467. The van der Waals surface area contributed by atoms with Gasteiger partial charge in [-0.25, -0.2) is 0 Å². The Hall–Kier alpha value is -0.0600. The van der Waals surface area contributed by atoms with E-state index in [1.807, 2.05) is 22.6 Å². The van der Waals surface area contributed by atoms with E-state index in [1.54, 1.807) is 13.0 Å². The molecule has 9 heavy (non-hydrogen) atoms. The van der Waals surface area contributed by atoms with Crippen molar-refractivity contribution < 1.29 is 9.53 Å². The summed E-state index contributed by atoms with van der Waals surface area (Å²) in [6.07, 6.45) is 1.43. The number of hydrogen-bond acceptors (Lipinski definition) is 2. The van der Waals surface area contributed by atoms with Crippen molar-refractivity contribution in [1.82, 2.24) is 0 Å². The number of halogens is 1. The van der Waals surface area contributed by atoms with Crippen molar-refractivity contribution in [2.45, 2.75) is 13.0 Å². The van der Waals surface area contributed by atoms with Gasteiger partial charge in [-0.2, -0.15) is 0 Å². The molecule has 0 saturated heterocycles. The lowest BCUT2D eigenvalue weighted by Gasteiger charge is -2.05. The molecule has 0 N–H and O–H groups in total.